The van der Waals surface area contributed by atoms with E-state index in [4.69, 9.17) is 0 Å². The van der Waals surface area contributed by atoms with Crippen LogP contribution in [0.25, 0.3) is 11.0 Å². The molecule has 4 rings (SSSR count). The van der Waals surface area contributed by atoms with Crippen molar-refractivity contribution in [2.45, 2.75) is 25.3 Å². The van der Waals surface area contributed by atoms with Gasteiger partial charge < -0.3 is 9.88 Å². The predicted molar refractivity (Wildman–Crippen MR) is 86.4 cm³/mol. The maximum Gasteiger partial charge on any atom is 0.328 e. The minimum absolute atomic E-state index is 0.219. The Hall–Kier alpha value is -2.41. The fourth-order valence-corrected chi connectivity index (χ4v) is 3.45. The van der Waals surface area contributed by atoms with E-state index in [2.05, 4.69) is 26.4 Å². The summed E-state index contributed by atoms with van der Waals surface area (Å²) in [6.07, 6.45) is 6.27. The van der Waals surface area contributed by atoms with E-state index < -0.39 is 0 Å². The van der Waals surface area contributed by atoms with E-state index in [9.17, 15) is 9.59 Å². The average molecular weight is 313 g/mol. The Kier molecular flexibility index (Phi) is 3.49. The second-order valence-electron chi connectivity index (χ2n) is 6.03. The number of nitrogens with one attached hydrogen (secondary N) is 2. The number of pyridine rings is 1. The molecule has 23 heavy (non-hydrogen) atoms. The molecule has 0 atom stereocenters. The molecule has 2 aromatic rings. The molecule has 7 heteroatoms. The number of imide groups is 1. The first-order valence-corrected chi connectivity index (χ1v) is 8.01. The van der Waals surface area contributed by atoms with Gasteiger partial charge >= 0.3 is 6.03 Å². The molecule has 2 N–H and O–H groups in total. The number of urea groups is 1. The molecule has 0 spiro atoms. The van der Waals surface area contributed by atoms with Crippen molar-refractivity contribution in [3.05, 3.63) is 24.5 Å². The summed E-state index contributed by atoms with van der Waals surface area (Å²) >= 11 is 0. The van der Waals surface area contributed by atoms with Crippen LogP contribution in [0.15, 0.2) is 24.5 Å². The van der Waals surface area contributed by atoms with Gasteiger partial charge in [0.05, 0.1) is 5.69 Å². The number of anilines is 1. The molecule has 2 aliphatic rings. The van der Waals surface area contributed by atoms with Crippen molar-refractivity contribution in [1.82, 2.24) is 20.2 Å². The minimum Gasteiger partial charge on any atom is -0.329 e. The Balaban J connectivity index is 1.73. The fourth-order valence-electron chi connectivity index (χ4n) is 3.45. The van der Waals surface area contributed by atoms with Crippen LogP contribution in [0, 0.1) is 0 Å². The van der Waals surface area contributed by atoms with Crippen LogP contribution >= 0.6 is 0 Å². The smallest absolute Gasteiger partial charge is 0.328 e. The molecule has 2 aliphatic heterocycles. The van der Waals surface area contributed by atoms with Crippen molar-refractivity contribution in [3.63, 3.8) is 0 Å². The maximum atomic E-state index is 12.1. The zero-order valence-corrected chi connectivity index (χ0v) is 12.8. The van der Waals surface area contributed by atoms with Gasteiger partial charge in [0.15, 0.2) is 0 Å². The summed E-state index contributed by atoms with van der Waals surface area (Å²) in [4.78, 5) is 29.6. The predicted octanol–water partition coefficient (Wildman–Crippen LogP) is 1.41. The highest BCUT2D eigenvalue weighted by Gasteiger charge is 2.26. The van der Waals surface area contributed by atoms with Gasteiger partial charge in [-0.3, -0.25) is 15.0 Å². The number of carbonyl (C=O) groups is 2. The lowest BCUT2D eigenvalue weighted by Crippen LogP contribution is -2.49. The molecule has 0 unspecified atom stereocenters. The molecule has 2 aromatic heterocycles. The second kappa shape index (κ2) is 5.66. The largest absolute Gasteiger partial charge is 0.329 e. The van der Waals surface area contributed by atoms with Crippen LogP contribution in [-0.4, -0.2) is 41.1 Å². The standard InChI is InChI=1S/C16H19N5O2/c22-14-5-10-21(16(23)19-14)13-3-8-18-15-12(13)4-9-20(15)11-1-6-17-7-2-11/h3-4,8-9,11,17H,1-2,5-7,10H2,(H,19,22,23). The number of amides is 3. The molecule has 2 fully saturated rings. The van der Waals surface area contributed by atoms with E-state index in [1.807, 2.05) is 12.1 Å². The number of hydrogen-bond donors (Lipinski definition) is 2. The zero-order valence-electron chi connectivity index (χ0n) is 12.8. The summed E-state index contributed by atoms with van der Waals surface area (Å²) in [6, 6.07) is 3.94. The Morgan fingerprint density at radius 1 is 1.17 bits per heavy atom. The number of aromatic nitrogens is 2. The van der Waals surface area contributed by atoms with Crippen LogP contribution in [0.1, 0.15) is 25.3 Å². The van der Waals surface area contributed by atoms with Crippen molar-refractivity contribution in [2.24, 2.45) is 0 Å². The van der Waals surface area contributed by atoms with E-state index in [1.54, 1.807) is 11.1 Å². The SMILES string of the molecule is O=C1CCN(c2ccnc3c2ccn3C2CCNCC2)C(=O)N1. The molecule has 0 saturated carbocycles. The van der Waals surface area contributed by atoms with Gasteiger partial charge in [0, 0.05) is 36.8 Å². The van der Waals surface area contributed by atoms with Gasteiger partial charge in [-0.25, -0.2) is 9.78 Å². The summed E-state index contributed by atoms with van der Waals surface area (Å²) in [5.74, 6) is -0.219. The maximum absolute atomic E-state index is 12.1. The highest BCUT2D eigenvalue weighted by atomic mass is 16.2. The molecular weight excluding hydrogens is 294 g/mol. The number of hydrogen-bond acceptors (Lipinski definition) is 4. The van der Waals surface area contributed by atoms with Gasteiger partial charge in [-0.15, -0.1) is 0 Å². The van der Waals surface area contributed by atoms with Crippen LogP contribution in [0.5, 0.6) is 0 Å². The molecule has 7 nitrogen and oxygen atoms in total. The van der Waals surface area contributed by atoms with Gasteiger partial charge in [-0.2, -0.15) is 0 Å². The lowest BCUT2D eigenvalue weighted by Gasteiger charge is -2.27. The summed E-state index contributed by atoms with van der Waals surface area (Å²) in [6.45, 7) is 2.43. The lowest BCUT2D eigenvalue weighted by molar-refractivity contribution is -0.120. The molecular formula is C16H19N5O2. The topological polar surface area (TPSA) is 79.3 Å². The number of carbonyl (C=O) groups excluding carboxylic acids is 2. The monoisotopic (exact) mass is 313 g/mol. The van der Waals surface area contributed by atoms with Gasteiger partial charge in [-0.1, -0.05) is 0 Å². The number of piperidine rings is 1. The van der Waals surface area contributed by atoms with Crippen LogP contribution in [0.4, 0.5) is 10.5 Å². The van der Waals surface area contributed by atoms with Gasteiger partial charge in [0.25, 0.3) is 0 Å². The molecule has 3 amide bonds. The molecule has 0 aromatic carbocycles. The number of nitrogens with zero attached hydrogens (tertiary/aromatic N) is 3. The van der Waals surface area contributed by atoms with Gasteiger partial charge in [-0.05, 0) is 38.1 Å². The van der Waals surface area contributed by atoms with Crippen molar-refractivity contribution >= 4 is 28.7 Å². The van der Waals surface area contributed by atoms with Crippen LogP contribution in [0.3, 0.4) is 0 Å². The van der Waals surface area contributed by atoms with E-state index >= 15 is 0 Å². The highest BCUT2D eigenvalue weighted by molar-refractivity contribution is 6.09. The molecule has 0 bridgehead atoms. The van der Waals surface area contributed by atoms with Crippen molar-refractivity contribution < 1.29 is 9.59 Å². The molecule has 120 valence electrons. The van der Waals surface area contributed by atoms with E-state index in [-0.39, 0.29) is 11.9 Å². The Labute approximate surface area is 133 Å². The van der Waals surface area contributed by atoms with Crippen molar-refractivity contribution in [1.29, 1.82) is 0 Å². The van der Waals surface area contributed by atoms with Crippen LogP contribution in [0.2, 0.25) is 0 Å². The first kappa shape index (κ1) is 14.2. The third-order valence-electron chi connectivity index (χ3n) is 4.64. The third kappa shape index (κ3) is 2.46. The molecule has 0 aliphatic carbocycles. The summed E-state index contributed by atoms with van der Waals surface area (Å²) in [5.41, 5.74) is 1.71. The first-order valence-electron chi connectivity index (χ1n) is 8.01. The Morgan fingerprint density at radius 2 is 2.00 bits per heavy atom. The summed E-state index contributed by atoms with van der Waals surface area (Å²) in [7, 11) is 0. The van der Waals surface area contributed by atoms with Crippen LogP contribution in [-0.2, 0) is 4.79 Å². The Bertz CT molecular complexity index is 763. The van der Waals surface area contributed by atoms with Gasteiger partial charge in [0.2, 0.25) is 5.91 Å². The second-order valence-corrected chi connectivity index (χ2v) is 6.03. The zero-order chi connectivity index (χ0) is 15.8. The van der Waals surface area contributed by atoms with Crippen molar-refractivity contribution in [3.8, 4) is 0 Å². The van der Waals surface area contributed by atoms with Crippen molar-refractivity contribution in [2.75, 3.05) is 24.5 Å². The molecule has 2 saturated heterocycles. The van der Waals surface area contributed by atoms with E-state index in [1.165, 1.54) is 0 Å². The minimum atomic E-state index is -0.358. The summed E-state index contributed by atoms with van der Waals surface area (Å²) in [5, 5.41) is 6.70. The lowest BCUT2D eigenvalue weighted by atomic mass is 10.1. The number of fused-ring (bicyclic) bond motifs is 1. The fraction of sp³-hybridized carbons (Fsp3) is 0.438. The normalized spacial score (nSPS) is 20.1. The number of rotatable bonds is 2. The van der Waals surface area contributed by atoms with Gasteiger partial charge in [0.1, 0.15) is 5.65 Å². The van der Waals surface area contributed by atoms with E-state index in [0.717, 1.165) is 42.7 Å². The quantitative estimate of drug-likeness (QED) is 0.878. The highest BCUT2D eigenvalue weighted by Crippen LogP contribution is 2.31. The van der Waals surface area contributed by atoms with Crippen LogP contribution < -0.4 is 15.5 Å². The Morgan fingerprint density at radius 3 is 2.78 bits per heavy atom. The van der Waals surface area contributed by atoms with E-state index in [0.29, 0.717) is 19.0 Å². The molecule has 4 heterocycles. The average Bonchev–Trinajstić information content (AvgIpc) is 3.00. The third-order valence-corrected chi connectivity index (χ3v) is 4.64. The molecule has 0 radical (unpaired) electrons. The summed E-state index contributed by atoms with van der Waals surface area (Å²) < 4.78 is 2.21. The first-order chi connectivity index (χ1) is 11.2.